The Labute approximate surface area is 220 Å². The Kier molecular flexibility index (Phi) is 13.9. The van der Waals surface area contributed by atoms with Gasteiger partial charge in [0.05, 0.1) is 26.1 Å². The number of hydrogen-bond donors (Lipinski definition) is 2. The van der Waals surface area contributed by atoms with Crippen LogP contribution in [0.2, 0.25) is 0 Å². The Morgan fingerprint density at radius 1 is 0.730 bits per heavy atom. The molecular weight excluding hydrogens is 480 g/mol. The number of esters is 2. The van der Waals surface area contributed by atoms with Crippen LogP contribution in [-0.4, -0.2) is 74.5 Å². The molecule has 2 N–H and O–H groups in total. The monoisotopic (exact) mass is 526 g/mol. The van der Waals surface area contributed by atoms with E-state index in [0.29, 0.717) is 0 Å². The van der Waals surface area contributed by atoms with Crippen LogP contribution in [0.4, 0.5) is 0 Å². The van der Waals surface area contributed by atoms with E-state index >= 15 is 0 Å². The molecule has 212 valence electrons. The average Bonchev–Trinajstić information content (AvgIpc) is 3.45. The largest absolute Gasteiger partial charge is 0.457 e. The van der Waals surface area contributed by atoms with E-state index in [1.807, 2.05) is 13.8 Å². The van der Waals surface area contributed by atoms with Crippen LogP contribution in [0.5, 0.6) is 0 Å². The molecule has 10 heteroatoms. The molecule has 3 unspecified atom stereocenters. The van der Waals surface area contributed by atoms with Gasteiger partial charge in [0, 0.05) is 24.9 Å². The fraction of sp³-hybridized carbons (Fsp3) is 0.852. The van der Waals surface area contributed by atoms with Gasteiger partial charge in [-0.05, 0) is 12.8 Å². The lowest BCUT2D eigenvalue weighted by Crippen LogP contribution is -2.37. The van der Waals surface area contributed by atoms with Gasteiger partial charge in [-0.3, -0.25) is 19.2 Å². The van der Waals surface area contributed by atoms with Crippen molar-refractivity contribution in [2.24, 2.45) is 11.8 Å². The zero-order valence-electron chi connectivity index (χ0n) is 22.9. The van der Waals surface area contributed by atoms with Crippen LogP contribution < -0.4 is 10.6 Å². The van der Waals surface area contributed by atoms with E-state index in [9.17, 15) is 19.2 Å². The molecule has 0 aliphatic carbocycles. The lowest BCUT2D eigenvalue weighted by molar-refractivity contribution is -0.155. The van der Waals surface area contributed by atoms with Crippen molar-refractivity contribution in [2.45, 2.75) is 110 Å². The highest BCUT2D eigenvalue weighted by Gasteiger charge is 2.51. The number of ether oxygens (including phenoxy) is 4. The first-order chi connectivity index (χ1) is 17.8. The Morgan fingerprint density at radius 2 is 1.16 bits per heavy atom. The molecule has 0 aromatic carbocycles. The van der Waals surface area contributed by atoms with Crippen molar-refractivity contribution in [1.82, 2.24) is 10.6 Å². The van der Waals surface area contributed by atoms with E-state index in [1.54, 1.807) is 0 Å². The molecule has 6 atom stereocenters. The third-order valence-corrected chi connectivity index (χ3v) is 6.91. The van der Waals surface area contributed by atoms with E-state index in [4.69, 9.17) is 18.9 Å². The normalized spacial score (nSPS) is 24.1. The van der Waals surface area contributed by atoms with Gasteiger partial charge in [0.25, 0.3) is 0 Å². The molecule has 2 rings (SSSR count). The fourth-order valence-corrected chi connectivity index (χ4v) is 4.48. The van der Waals surface area contributed by atoms with Gasteiger partial charge in [0.2, 0.25) is 11.8 Å². The zero-order valence-corrected chi connectivity index (χ0v) is 22.9. The second-order valence-electron chi connectivity index (χ2n) is 10.2. The van der Waals surface area contributed by atoms with Gasteiger partial charge in [-0.1, -0.05) is 59.8 Å². The molecule has 2 saturated heterocycles. The number of carbonyl (C=O) groups excluding carboxylic acids is 4. The molecular formula is C27H46N2O8. The van der Waals surface area contributed by atoms with Crippen molar-refractivity contribution in [3.63, 3.8) is 0 Å². The highest BCUT2D eigenvalue weighted by atomic mass is 16.7. The van der Waals surface area contributed by atoms with Gasteiger partial charge in [-0.15, -0.1) is 0 Å². The van der Waals surface area contributed by atoms with Crippen LogP contribution in [0.1, 0.15) is 85.5 Å². The number of unbranched alkanes of at least 4 members (excludes halogenated alkanes) is 3. The van der Waals surface area contributed by atoms with Gasteiger partial charge in [-0.25, -0.2) is 0 Å². The summed E-state index contributed by atoms with van der Waals surface area (Å²) in [4.78, 5) is 48.7. The lowest BCUT2D eigenvalue weighted by atomic mass is 10.0. The summed E-state index contributed by atoms with van der Waals surface area (Å²) in [5.74, 6) is -1.16. The third-order valence-electron chi connectivity index (χ3n) is 6.91. The number of rotatable bonds is 17. The maximum absolute atomic E-state index is 12.3. The van der Waals surface area contributed by atoms with E-state index < -0.39 is 36.4 Å². The quantitative estimate of drug-likeness (QED) is 0.219. The van der Waals surface area contributed by atoms with Crippen molar-refractivity contribution in [3.05, 3.63) is 0 Å². The first-order valence-corrected chi connectivity index (χ1v) is 13.9. The molecule has 0 bridgehead atoms. The molecule has 2 aliphatic rings. The Hall–Kier alpha value is -2.20. The van der Waals surface area contributed by atoms with Crippen LogP contribution in [0.15, 0.2) is 0 Å². The summed E-state index contributed by atoms with van der Waals surface area (Å²) < 4.78 is 22.5. The van der Waals surface area contributed by atoms with E-state index in [1.165, 1.54) is 0 Å². The Balaban J connectivity index is 1.64. The summed E-state index contributed by atoms with van der Waals surface area (Å²) in [6, 6.07) is 0. The summed E-state index contributed by atoms with van der Waals surface area (Å²) >= 11 is 0. The number of fused-ring (bicyclic) bond motifs is 1. The average molecular weight is 527 g/mol. The first-order valence-electron chi connectivity index (χ1n) is 13.9. The SMILES string of the molecule is CCCCCC(C)C(=O)NCCC(=O)O[C@@H]1CO[C@H]2C1OC[C@H]2OC(=O)CCNC(=O)C(C)CCCC. The van der Waals surface area contributed by atoms with Crippen LogP contribution in [0, 0.1) is 11.8 Å². The van der Waals surface area contributed by atoms with Crippen molar-refractivity contribution in [1.29, 1.82) is 0 Å². The number of amides is 2. The summed E-state index contributed by atoms with van der Waals surface area (Å²) in [6.45, 7) is 8.71. The molecule has 10 nitrogen and oxygen atoms in total. The highest BCUT2D eigenvalue weighted by Crippen LogP contribution is 2.31. The third kappa shape index (κ3) is 10.6. The molecule has 37 heavy (non-hydrogen) atoms. The molecule has 0 spiro atoms. The molecule has 0 aromatic heterocycles. The second-order valence-corrected chi connectivity index (χ2v) is 10.2. The molecule has 0 saturated carbocycles. The maximum Gasteiger partial charge on any atom is 0.308 e. The number of hydrogen-bond acceptors (Lipinski definition) is 8. The summed E-state index contributed by atoms with van der Waals surface area (Å²) in [7, 11) is 0. The maximum atomic E-state index is 12.3. The minimum absolute atomic E-state index is 0.0532. The minimum atomic E-state index is -0.589. The number of nitrogens with one attached hydrogen (secondary N) is 2. The van der Waals surface area contributed by atoms with Gasteiger partial charge in [0.15, 0.2) is 12.2 Å². The van der Waals surface area contributed by atoms with Gasteiger partial charge in [-0.2, -0.15) is 0 Å². The van der Waals surface area contributed by atoms with Crippen LogP contribution in [0.25, 0.3) is 0 Å². The van der Waals surface area contributed by atoms with E-state index in [-0.39, 0.29) is 62.8 Å². The molecule has 0 radical (unpaired) electrons. The van der Waals surface area contributed by atoms with E-state index in [0.717, 1.165) is 44.9 Å². The van der Waals surface area contributed by atoms with Crippen molar-refractivity contribution in [3.8, 4) is 0 Å². The second kappa shape index (κ2) is 16.6. The zero-order chi connectivity index (χ0) is 27.2. The lowest BCUT2D eigenvalue weighted by Gasteiger charge is -2.18. The molecule has 2 heterocycles. The summed E-state index contributed by atoms with van der Waals surface area (Å²) in [5.41, 5.74) is 0. The Bertz CT molecular complexity index is 746. The predicted molar refractivity (Wildman–Crippen MR) is 136 cm³/mol. The Morgan fingerprint density at radius 3 is 1.59 bits per heavy atom. The highest BCUT2D eigenvalue weighted by molar-refractivity contribution is 5.79. The summed E-state index contributed by atoms with van der Waals surface area (Å²) in [6.07, 6.45) is 4.85. The minimum Gasteiger partial charge on any atom is -0.457 e. The first kappa shape index (κ1) is 31.0. The topological polar surface area (TPSA) is 129 Å². The van der Waals surface area contributed by atoms with Gasteiger partial charge >= 0.3 is 11.9 Å². The van der Waals surface area contributed by atoms with Crippen molar-refractivity contribution >= 4 is 23.8 Å². The van der Waals surface area contributed by atoms with Crippen molar-refractivity contribution < 1.29 is 38.1 Å². The molecule has 2 aliphatic heterocycles. The van der Waals surface area contributed by atoms with Gasteiger partial charge in [0.1, 0.15) is 12.2 Å². The molecule has 0 aromatic rings. The number of carbonyl (C=O) groups is 4. The fourth-order valence-electron chi connectivity index (χ4n) is 4.48. The van der Waals surface area contributed by atoms with Gasteiger partial charge < -0.3 is 29.6 Å². The summed E-state index contributed by atoms with van der Waals surface area (Å²) in [5, 5.41) is 5.57. The van der Waals surface area contributed by atoms with Crippen molar-refractivity contribution in [2.75, 3.05) is 26.3 Å². The molecule has 2 fully saturated rings. The predicted octanol–water partition coefficient (Wildman–Crippen LogP) is 2.66. The van der Waals surface area contributed by atoms with Crippen LogP contribution in [0.3, 0.4) is 0 Å². The smallest absolute Gasteiger partial charge is 0.308 e. The van der Waals surface area contributed by atoms with Crippen LogP contribution >= 0.6 is 0 Å². The van der Waals surface area contributed by atoms with Crippen LogP contribution in [-0.2, 0) is 38.1 Å². The molecule has 2 amide bonds. The van der Waals surface area contributed by atoms with E-state index in [2.05, 4.69) is 24.5 Å². The standard InChI is InChI=1S/C27H46N2O8/c1-5-7-9-11-19(4)27(33)29-15-13-23(31)37-21-17-35-24-20(16-34-25(21)24)36-22(30)12-14-28-26(32)18(3)10-8-6-2/h18-21,24-25H,5-17H2,1-4H3,(H,28,32)(H,29,33)/t18?,19?,20-,21-,24-,25?/m1/s1.